The summed E-state index contributed by atoms with van der Waals surface area (Å²) in [5.74, 6) is -1.33. The molecule has 1 fully saturated rings. The molecule has 2 aromatic carbocycles. The fourth-order valence-electron chi connectivity index (χ4n) is 4.67. The lowest BCUT2D eigenvalue weighted by molar-refractivity contribution is -0.117. The summed E-state index contributed by atoms with van der Waals surface area (Å²) in [6.45, 7) is 2.94. The van der Waals surface area contributed by atoms with Crippen LogP contribution in [0.5, 0.6) is 0 Å². The summed E-state index contributed by atoms with van der Waals surface area (Å²) < 4.78 is 26.5. The van der Waals surface area contributed by atoms with Crippen LogP contribution in [0.3, 0.4) is 0 Å². The van der Waals surface area contributed by atoms with Crippen molar-refractivity contribution in [3.63, 3.8) is 0 Å². The highest BCUT2D eigenvalue weighted by Crippen LogP contribution is 2.27. The van der Waals surface area contributed by atoms with E-state index in [2.05, 4.69) is 37.5 Å². The number of fused-ring (bicyclic) bond motifs is 1. The lowest BCUT2D eigenvalue weighted by atomic mass is 10.0. The van der Waals surface area contributed by atoms with Gasteiger partial charge in [0, 0.05) is 61.1 Å². The monoisotopic (exact) mass is 502 g/mol. The van der Waals surface area contributed by atoms with Crippen molar-refractivity contribution in [2.45, 2.75) is 19.3 Å². The van der Waals surface area contributed by atoms with Crippen molar-refractivity contribution in [2.24, 2.45) is 0 Å². The van der Waals surface area contributed by atoms with Crippen LogP contribution in [0.4, 0.5) is 20.3 Å². The van der Waals surface area contributed by atoms with E-state index in [1.165, 1.54) is 11.6 Å². The topological polar surface area (TPSA) is 74.2 Å². The van der Waals surface area contributed by atoms with Gasteiger partial charge in [-0.1, -0.05) is 24.3 Å². The molecule has 4 aromatic rings. The van der Waals surface area contributed by atoms with Crippen LogP contribution < -0.4 is 10.2 Å². The number of nitrogens with one attached hydrogen (secondary N) is 1. The van der Waals surface area contributed by atoms with Gasteiger partial charge in [-0.3, -0.25) is 14.7 Å². The first-order chi connectivity index (χ1) is 18.1. The lowest BCUT2D eigenvalue weighted by Crippen LogP contribution is -2.49. The Morgan fingerprint density at radius 1 is 0.865 bits per heavy atom. The number of halogens is 2. The van der Waals surface area contributed by atoms with Crippen LogP contribution in [0.15, 0.2) is 67.0 Å². The van der Waals surface area contributed by atoms with E-state index in [-0.39, 0.29) is 18.1 Å². The standard InChI is InChI=1S/C28H28F2N6O/c29-24-9-8-21(18-25(24)30)32-27(37)19-35-14-16-36(17-15-35)28-23-6-2-1-5-22(23)26(33-34-28)7-3-4-20-10-12-31-13-11-20/h1-2,5-6,8-13,18H,3-4,7,14-17,19H2,(H,32,37). The number of aromatic nitrogens is 3. The fraction of sp³-hybridized carbons (Fsp3) is 0.286. The minimum Gasteiger partial charge on any atom is -0.352 e. The van der Waals surface area contributed by atoms with E-state index in [1.807, 2.05) is 41.6 Å². The number of carbonyl (C=O) groups excluding carboxylic acids is 1. The molecule has 37 heavy (non-hydrogen) atoms. The summed E-state index contributed by atoms with van der Waals surface area (Å²) in [5, 5.41) is 14.1. The quantitative estimate of drug-likeness (QED) is 0.389. The minimum absolute atomic E-state index is 0.176. The van der Waals surface area contributed by atoms with E-state index in [9.17, 15) is 13.6 Å². The summed E-state index contributed by atoms with van der Waals surface area (Å²) in [6, 6.07) is 15.7. The SMILES string of the molecule is O=C(CN1CCN(c2nnc(CCCc3ccncc3)c3ccccc23)CC1)Nc1ccc(F)c(F)c1. The lowest BCUT2D eigenvalue weighted by Gasteiger charge is -2.35. The molecular formula is C28H28F2N6O. The molecule has 0 unspecified atom stereocenters. The smallest absolute Gasteiger partial charge is 0.238 e. The molecule has 0 bridgehead atoms. The Morgan fingerprint density at radius 2 is 1.62 bits per heavy atom. The maximum absolute atomic E-state index is 13.4. The van der Waals surface area contributed by atoms with Crippen LogP contribution in [0.1, 0.15) is 17.7 Å². The third-order valence-electron chi connectivity index (χ3n) is 6.62. The number of benzene rings is 2. The third-order valence-corrected chi connectivity index (χ3v) is 6.62. The molecular weight excluding hydrogens is 474 g/mol. The van der Waals surface area contributed by atoms with Gasteiger partial charge >= 0.3 is 0 Å². The summed E-state index contributed by atoms with van der Waals surface area (Å²) >= 11 is 0. The highest BCUT2D eigenvalue weighted by atomic mass is 19.2. The van der Waals surface area contributed by atoms with Crippen LogP contribution in [-0.4, -0.2) is 58.7 Å². The first-order valence-corrected chi connectivity index (χ1v) is 12.4. The van der Waals surface area contributed by atoms with Crippen molar-refractivity contribution in [2.75, 3.05) is 42.9 Å². The zero-order chi connectivity index (χ0) is 25.6. The molecule has 0 atom stereocenters. The van der Waals surface area contributed by atoms with Crippen molar-refractivity contribution >= 4 is 28.2 Å². The third kappa shape index (κ3) is 6.06. The normalized spacial score (nSPS) is 14.2. The minimum atomic E-state index is -0.987. The Labute approximate surface area is 214 Å². The van der Waals surface area contributed by atoms with E-state index >= 15 is 0 Å². The average molecular weight is 503 g/mol. The Hall–Kier alpha value is -3.98. The largest absolute Gasteiger partial charge is 0.352 e. The van der Waals surface area contributed by atoms with Gasteiger partial charge in [-0.25, -0.2) is 8.78 Å². The van der Waals surface area contributed by atoms with E-state index in [1.54, 1.807) is 0 Å². The fourth-order valence-corrected chi connectivity index (χ4v) is 4.67. The number of pyridine rings is 1. The molecule has 2 aromatic heterocycles. The van der Waals surface area contributed by atoms with Crippen LogP contribution in [0.2, 0.25) is 0 Å². The molecule has 0 spiro atoms. The first kappa shape index (κ1) is 24.7. The number of hydrogen-bond donors (Lipinski definition) is 1. The molecule has 9 heteroatoms. The first-order valence-electron chi connectivity index (χ1n) is 12.4. The van der Waals surface area contributed by atoms with Crippen LogP contribution in [0, 0.1) is 11.6 Å². The highest BCUT2D eigenvalue weighted by molar-refractivity contribution is 5.94. The van der Waals surface area contributed by atoms with Gasteiger partial charge in [0.2, 0.25) is 5.91 Å². The maximum Gasteiger partial charge on any atom is 0.238 e. The molecule has 7 nitrogen and oxygen atoms in total. The molecule has 190 valence electrons. The van der Waals surface area contributed by atoms with Crippen molar-refractivity contribution in [1.82, 2.24) is 20.1 Å². The predicted molar refractivity (Wildman–Crippen MR) is 139 cm³/mol. The summed E-state index contributed by atoms with van der Waals surface area (Å²) in [7, 11) is 0. The second-order valence-electron chi connectivity index (χ2n) is 9.17. The number of nitrogens with zero attached hydrogens (tertiary/aromatic N) is 5. The Bertz CT molecular complexity index is 1380. The van der Waals surface area contributed by atoms with E-state index in [0.717, 1.165) is 53.7 Å². The summed E-state index contributed by atoms with van der Waals surface area (Å²) in [4.78, 5) is 20.7. The van der Waals surface area contributed by atoms with Gasteiger partial charge in [0.1, 0.15) is 0 Å². The summed E-state index contributed by atoms with van der Waals surface area (Å²) in [5.41, 5.74) is 2.51. The van der Waals surface area contributed by atoms with E-state index < -0.39 is 11.6 Å². The molecule has 3 heterocycles. The second kappa shape index (κ2) is 11.4. The number of piperazine rings is 1. The molecule has 0 aliphatic carbocycles. The van der Waals surface area contributed by atoms with Crippen LogP contribution in [-0.2, 0) is 17.6 Å². The zero-order valence-corrected chi connectivity index (χ0v) is 20.4. The van der Waals surface area contributed by atoms with Gasteiger partial charge in [0.05, 0.1) is 12.2 Å². The Morgan fingerprint density at radius 3 is 2.38 bits per heavy atom. The highest BCUT2D eigenvalue weighted by Gasteiger charge is 2.22. The predicted octanol–water partition coefficient (Wildman–Crippen LogP) is 4.24. The molecule has 1 saturated heterocycles. The van der Waals surface area contributed by atoms with Crippen LogP contribution >= 0.6 is 0 Å². The molecule has 0 saturated carbocycles. The molecule has 1 aliphatic heterocycles. The maximum atomic E-state index is 13.4. The van der Waals surface area contributed by atoms with Gasteiger partial charge in [0.15, 0.2) is 17.5 Å². The van der Waals surface area contributed by atoms with Gasteiger partial charge in [0.25, 0.3) is 0 Å². The number of rotatable bonds is 8. The molecule has 1 aliphatic rings. The second-order valence-corrected chi connectivity index (χ2v) is 9.17. The van der Waals surface area contributed by atoms with Crippen molar-refractivity contribution in [1.29, 1.82) is 0 Å². The summed E-state index contributed by atoms with van der Waals surface area (Å²) in [6.07, 6.45) is 6.42. The molecule has 5 rings (SSSR count). The zero-order valence-electron chi connectivity index (χ0n) is 20.4. The van der Waals surface area contributed by atoms with Gasteiger partial charge in [-0.2, -0.15) is 5.10 Å². The molecule has 0 radical (unpaired) electrons. The van der Waals surface area contributed by atoms with E-state index in [0.29, 0.717) is 26.2 Å². The Balaban J connectivity index is 1.19. The molecule has 1 amide bonds. The van der Waals surface area contributed by atoms with Gasteiger partial charge in [-0.05, 0) is 49.1 Å². The van der Waals surface area contributed by atoms with E-state index in [4.69, 9.17) is 0 Å². The average Bonchev–Trinajstić information content (AvgIpc) is 2.92. The van der Waals surface area contributed by atoms with Crippen molar-refractivity contribution in [3.05, 3.63) is 89.9 Å². The number of anilines is 2. The molecule has 1 N–H and O–H groups in total. The number of carbonyl (C=O) groups is 1. The number of hydrogen-bond acceptors (Lipinski definition) is 6. The number of amides is 1. The van der Waals surface area contributed by atoms with Crippen molar-refractivity contribution < 1.29 is 13.6 Å². The van der Waals surface area contributed by atoms with Crippen molar-refractivity contribution in [3.8, 4) is 0 Å². The number of aryl methyl sites for hydroxylation is 2. The van der Waals surface area contributed by atoms with Gasteiger partial charge in [-0.15, -0.1) is 5.10 Å². The van der Waals surface area contributed by atoms with Crippen LogP contribution in [0.25, 0.3) is 10.8 Å². The Kier molecular flexibility index (Phi) is 7.60. The van der Waals surface area contributed by atoms with Gasteiger partial charge < -0.3 is 10.2 Å².